The molecule has 0 aliphatic heterocycles. The Morgan fingerprint density at radius 1 is 1.50 bits per heavy atom. The summed E-state index contributed by atoms with van der Waals surface area (Å²) in [6, 6.07) is 4.04. The molecule has 0 bridgehead atoms. The highest BCUT2D eigenvalue weighted by Crippen LogP contribution is 1.91. The zero-order chi connectivity index (χ0) is 7.82. The van der Waals surface area contributed by atoms with Crippen molar-refractivity contribution in [2.45, 2.75) is 0 Å². The highest BCUT2D eigenvalue weighted by Gasteiger charge is 1.81. The monoisotopic (exact) mass is 159 g/mol. The van der Waals surface area contributed by atoms with Crippen LogP contribution in [0.3, 0.4) is 0 Å². The number of nitrogens with two attached hydrogens (primary N) is 1. The lowest BCUT2D eigenvalue weighted by molar-refractivity contribution is -0.135. The lowest BCUT2D eigenvalue weighted by atomic mass is 10.7. The van der Waals surface area contributed by atoms with Crippen LogP contribution in [0.25, 0.3) is 0 Å². The second kappa shape index (κ2) is 6.25. The molecule has 4 heteroatoms. The molecule has 0 aromatic carbocycles. The first-order valence-electron chi connectivity index (χ1n) is 2.66. The van der Waals surface area contributed by atoms with Crippen LogP contribution in [0, 0.1) is 0 Å². The van der Waals surface area contributed by atoms with Crippen LogP contribution >= 0.6 is 11.3 Å². The Morgan fingerprint density at radius 2 is 1.90 bits per heavy atom. The summed E-state index contributed by atoms with van der Waals surface area (Å²) in [7, 11) is 0. The summed E-state index contributed by atoms with van der Waals surface area (Å²) >= 11 is 1.71. The molecule has 0 saturated carbocycles. The molecular weight excluding hydrogens is 150 g/mol. The highest BCUT2D eigenvalue weighted by molar-refractivity contribution is 7.07. The average molecular weight is 159 g/mol. The first-order chi connectivity index (χ1) is 4.77. The van der Waals surface area contributed by atoms with Gasteiger partial charge in [0.25, 0.3) is 0 Å². The third kappa shape index (κ3) is 7.13. The summed E-state index contributed by atoms with van der Waals surface area (Å²) in [6.45, 7) is -0.278. The Hall–Kier alpha value is -0.870. The molecule has 0 aliphatic rings. The van der Waals surface area contributed by atoms with Crippen molar-refractivity contribution in [2.75, 3.05) is 6.54 Å². The Bertz CT molecular complexity index is 145. The van der Waals surface area contributed by atoms with E-state index in [-0.39, 0.29) is 6.54 Å². The fourth-order valence-corrected chi connectivity index (χ4v) is 0.680. The summed E-state index contributed by atoms with van der Waals surface area (Å²) < 4.78 is 0. The van der Waals surface area contributed by atoms with E-state index in [0.29, 0.717) is 0 Å². The van der Waals surface area contributed by atoms with Crippen LogP contribution in [-0.4, -0.2) is 17.6 Å². The van der Waals surface area contributed by atoms with E-state index < -0.39 is 5.97 Å². The topological polar surface area (TPSA) is 63.3 Å². The van der Waals surface area contributed by atoms with Gasteiger partial charge in [0.05, 0.1) is 6.54 Å². The molecule has 10 heavy (non-hydrogen) atoms. The number of carboxylic acid groups (broad SMARTS) is 1. The zero-order valence-corrected chi connectivity index (χ0v) is 6.17. The van der Waals surface area contributed by atoms with Crippen molar-refractivity contribution >= 4 is 17.3 Å². The number of carbonyl (C=O) groups is 1. The second-order valence-corrected chi connectivity index (χ2v) is 2.21. The molecule has 0 unspecified atom stereocenters. The minimum atomic E-state index is -0.968. The van der Waals surface area contributed by atoms with E-state index in [2.05, 4.69) is 5.73 Å². The van der Waals surface area contributed by atoms with Gasteiger partial charge < -0.3 is 10.8 Å². The molecule has 0 amide bonds. The molecule has 0 radical (unpaired) electrons. The maximum atomic E-state index is 9.24. The minimum Gasteiger partial charge on any atom is -0.480 e. The molecule has 1 heterocycles. The highest BCUT2D eigenvalue weighted by atomic mass is 32.1. The Kier molecular flexibility index (Phi) is 5.71. The quantitative estimate of drug-likeness (QED) is 0.636. The molecule has 3 N–H and O–H groups in total. The molecular formula is C6H9NO2S. The van der Waals surface area contributed by atoms with Gasteiger partial charge in [0.1, 0.15) is 0 Å². The van der Waals surface area contributed by atoms with Crippen LogP contribution in [0.4, 0.5) is 0 Å². The maximum absolute atomic E-state index is 9.24. The number of thiophene rings is 1. The molecule has 1 rings (SSSR count). The van der Waals surface area contributed by atoms with E-state index in [1.165, 1.54) is 0 Å². The fourth-order valence-electron chi connectivity index (χ4n) is 0.227. The van der Waals surface area contributed by atoms with Gasteiger partial charge in [0.15, 0.2) is 0 Å². The molecule has 0 atom stereocenters. The largest absolute Gasteiger partial charge is 0.480 e. The van der Waals surface area contributed by atoms with E-state index in [4.69, 9.17) is 5.11 Å². The predicted molar refractivity (Wildman–Crippen MR) is 41.0 cm³/mol. The normalized spacial score (nSPS) is 7.70. The SMILES string of the molecule is NCC(=O)O.c1ccsc1. The van der Waals surface area contributed by atoms with Crippen LogP contribution in [-0.2, 0) is 4.79 Å². The van der Waals surface area contributed by atoms with E-state index >= 15 is 0 Å². The standard InChI is InChI=1S/C4H4S.C2H5NO2/c1-2-4-5-3-1;3-1-2(4)5/h1-4H;1,3H2,(H,4,5). The number of hydrogen-bond donors (Lipinski definition) is 2. The Morgan fingerprint density at radius 3 is 2.00 bits per heavy atom. The van der Waals surface area contributed by atoms with Gasteiger partial charge in [-0.25, -0.2) is 0 Å². The number of hydrogen-bond acceptors (Lipinski definition) is 3. The van der Waals surface area contributed by atoms with Crippen LogP contribution in [0.1, 0.15) is 0 Å². The van der Waals surface area contributed by atoms with Gasteiger partial charge in [-0.3, -0.25) is 4.79 Å². The van der Waals surface area contributed by atoms with Crippen molar-refractivity contribution in [3.63, 3.8) is 0 Å². The lowest BCUT2D eigenvalue weighted by Gasteiger charge is -1.73. The molecule has 3 nitrogen and oxygen atoms in total. The lowest BCUT2D eigenvalue weighted by Crippen LogP contribution is -2.10. The van der Waals surface area contributed by atoms with Gasteiger partial charge in [-0.2, -0.15) is 11.3 Å². The molecule has 0 aliphatic carbocycles. The molecule has 0 fully saturated rings. The van der Waals surface area contributed by atoms with E-state index in [1.807, 2.05) is 22.9 Å². The van der Waals surface area contributed by atoms with Gasteiger partial charge in [-0.05, 0) is 10.8 Å². The summed E-state index contributed by atoms with van der Waals surface area (Å²) in [4.78, 5) is 9.24. The van der Waals surface area contributed by atoms with Crippen molar-refractivity contribution in [2.24, 2.45) is 5.73 Å². The van der Waals surface area contributed by atoms with Crippen molar-refractivity contribution in [1.82, 2.24) is 0 Å². The van der Waals surface area contributed by atoms with Crippen molar-refractivity contribution in [3.05, 3.63) is 22.9 Å². The molecule has 56 valence electrons. The number of aliphatic carboxylic acids is 1. The molecule has 1 aromatic heterocycles. The van der Waals surface area contributed by atoms with Crippen LogP contribution < -0.4 is 5.73 Å². The third-order valence-electron chi connectivity index (χ3n) is 0.600. The van der Waals surface area contributed by atoms with Crippen molar-refractivity contribution < 1.29 is 9.90 Å². The average Bonchev–Trinajstić information content (AvgIpc) is 2.43. The smallest absolute Gasteiger partial charge is 0.317 e. The van der Waals surface area contributed by atoms with Crippen molar-refractivity contribution in [1.29, 1.82) is 0 Å². The van der Waals surface area contributed by atoms with E-state index in [0.717, 1.165) is 0 Å². The summed E-state index contributed by atoms with van der Waals surface area (Å²) in [5, 5.41) is 11.7. The summed E-state index contributed by atoms with van der Waals surface area (Å²) in [5.41, 5.74) is 4.57. The van der Waals surface area contributed by atoms with Gasteiger partial charge >= 0.3 is 5.97 Å². The van der Waals surface area contributed by atoms with Gasteiger partial charge in [0, 0.05) is 0 Å². The number of rotatable bonds is 1. The first kappa shape index (κ1) is 9.13. The van der Waals surface area contributed by atoms with Crippen LogP contribution in [0.2, 0.25) is 0 Å². The third-order valence-corrected chi connectivity index (χ3v) is 1.23. The van der Waals surface area contributed by atoms with Crippen LogP contribution in [0.5, 0.6) is 0 Å². The minimum absolute atomic E-state index is 0.278. The second-order valence-electron chi connectivity index (χ2n) is 1.39. The van der Waals surface area contributed by atoms with E-state index in [1.54, 1.807) is 11.3 Å². The van der Waals surface area contributed by atoms with Crippen LogP contribution in [0.15, 0.2) is 22.9 Å². The van der Waals surface area contributed by atoms with Gasteiger partial charge in [0.2, 0.25) is 0 Å². The summed E-state index contributed by atoms with van der Waals surface area (Å²) in [6.07, 6.45) is 0. The van der Waals surface area contributed by atoms with Gasteiger partial charge in [-0.15, -0.1) is 0 Å². The summed E-state index contributed by atoms with van der Waals surface area (Å²) in [5.74, 6) is -0.968. The Balaban J connectivity index is 0.000000162. The first-order valence-corrected chi connectivity index (χ1v) is 3.60. The predicted octanol–water partition coefficient (Wildman–Crippen LogP) is 0.778. The molecule has 0 saturated heterocycles. The molecule has 0 spiro atoms. The fraction of sp³-hybridized carbons (Fsp3) is 0.167. The van der Waals surface area contributed by atoms with Crippen molar-refractivity contribution in [3.8, 4) is 0 Å². The molecule has 1 aromatic rings. The van der Waals surface area contributed by atoms with E-state index in [9.17, 15) is 4.79 Å². The van der Waals surface area contributed by atoms with Gasteiger partial charge in [-0.1, -0.05) is 12.1 Å². The zero-order valence-electron chi connectivity index (χ0n) is 5.36. The Labute approximate surface area is 63.1 Å². The number of carboxylic acids is 1. The maximum Gasteiger partial charge on any atom is 0.317 e.